The highest BCUT2D eigenvalue weighted by Crippen LogP contribution is 2.12. The smallest absolute Gasteiger partial charge is 0.354 e. The van der Waals surface area contributed by atoms with Crippen molar-refractivity contribution in [3.8, 4) is 11.8 Å². The second kappa shape index (κ2) is 6.70. The van der Waals surface area contributed by atoms with Crippen LogP contribution in [0.15, 0.2) is 41.3 Å². The van der Waals surface area contributed by atoms with E-state index in [-0.39, 0.29) is 5.57 Å². The van der Waals surface area contributed by atoms with Crippen LogP contribution in [0.3, 0.4) is 0 Å². The molecule has 0 bridgehead atoms. The van der Waals surface area contributed by atoms with Crippen LogP contribution in [0.25, 0.3) is 0 Å². The first kappa shape index (κ1) is 12.3. The number of rotatable bonds is 4. The van der Waals surface area contributed by atoms with Crippen LogP contribution >= 0.6 is 11.8 Å². The first-order chi connectivity index (χ1) is 7.77. The number of benzene rings is 1. The topological polar surface area (TPSA) is 50.1 Å². The highest BCUT2D eigenvalue weighted by atomic mass is 32.2. The molecule has 0 unspecified atom stereocenters. The number of esters is 1. The molecule has 0 amide bonds. The standard InChI is InChI=1S/C12H11NO2S/c1-2-16-9-10(8-13)12(14)15-11-6-4-3-5-7-11/h3-7,9H,2H2,1H3/b10-9-. The van der Waals surface area contributed by atoms with Gasteiger partial charge in [-0.1, -0.05) is 25.1 Å². The van der Waals surface area contributed by atoms with Gasteiger partial charge in [0.05, 0.1) is 0 Å². The van der Waals surface area contributed by atoms with Gasteiger partial charge >= 0.3 is 5.97 Å². The summed E-state index contributed by atoms with van der Waals surface area (Å²) in [5, 5.41) is 10.3. The van der Waals surface area contributed by atoms with E-state index in [1.165, 1.54) is 17.2 Å². The first-order valence-corrected chi connectivity index (χ1v) is 5.82. The first-order valence-electron chi connectivity index (χ1n) is 4.77. The second-order valence-corrected chi connectivity index (χ2v) is 3.95. The number of ether oxygens (including phenoxy) is 1. The number of nitrogens with zero attached hydrogens (tertiary/aromatic N) is 1. The number of carbonyl (C=O) groups is 1. The van der Waals surface area contributed by atoms with Gasteiger partial charge in [0.2, 0.25) is 0 Å². The Kier molecular flexibility index (Phi) is 5.17. The SMILES string of the molecule is CCS/C=C(/C#N)C(=O)Oc1ccccc1. The molecule has 0 aliphatic rings. The summed E-state index contributed by atoms with van der Waals surface area (Å²) in [6.45, 7) is 1.94. The lowest BCUT2D eigenvalue weighted by molar-refractivity contribution is -0.129. The van der Waals surface area contributed by atoms with E-state index in [0.29, 0.717) is 5.75 Å². The van der Waals surface area contributed by atoms with Gasteiger partial charge in [-0.3, -0.25) is 0 Å². The van der Waals surface area contributed by atoms with E-state index in [1.807, 2.05) is 19.1 Å². The Bertz CT molecular complexity index is 420. The van der Waals surface area contributed by atoms with Gasteiger partial charge in [-0.2, -0.15) is 5.26 Å². The zero-order valence-electron chi connectivity index (χ0n) is 8.84. The van der Waals surface area contributed by atoms with Crippen molar-refractivity contribution < 1.29 is 9.53 Å². The Hall–Kier alpha value is -1.73. The molecule has 0 N–H and O–H groups in total. The van der Waals surface area contributed by atoms with E-state index >= 15 is 0 Å². The van der Waals surface area contributed by atoms with E-state index in [0.717, 1.165) is 5.75 Å². The van der Waals surface area contributed by atoms with Gasteiger partial charge in [0, 0.05) is 0 Å². The molecule has 1 rings (SSSR count). The summed E-state index contributed by atoms with van der Waals surface area (Å²) in [7, 11) is 0. The third-order valence-electron chi connectivity index (χ3n) is 1.66. The van der Waals surface area contributed by atoms with Gasteiger partial charge in [-0.15, -0.1) is 11.8 Å². The van der Waals surface area contributed by atoms with Crippen LogP contribution < -0.4 is 4.74 Å². The molecular weight excluding hydrogens is 222 g/mol. The summed E-state index contributed by atoms with van der Waals surface area (Å²) in [6, 6.07) is 10.5. The number of nitriles is 1. The van der Waals surface area contributed by atoms with Gasteiger partial charge in [0.15, 0.2) is 0 Å². The van der Waals surface area contributed by atoms with Crippen molar-refractivity contribution in [2.75, 3.05) is 5.75 Å². The fourth-order valence-corrected chi connectivity index (χ4v) is 1.42. The van der Waals surface area contributed by atoms with Gasteiger partial charge < -0.3 is 4.74 Å². The highest BCUT2D eigenvalue weighted by molar-refractivity contribution is 8.02. The van der Waals surface area contributed by atoms with Crippen molar-refractivity contribution in [3.05, 3.63) is 41.3 Å². The Morgan fingerprint density at radius 3 is 2.75 bits per heavy atom. The van der Waals surface area contributed by atoms with Gasteiger partial charge in [0.25, 0.3) is 0 Å². The molecule has 0 aromatic heterocycles. The average Bonchev–Trinajstić information content (AvgIpc) is 2.31. The monoisotopic (exact) mass is 233 g/mol. The molecule has 0 aliphatic heterocycles. The molecule has 0 saturated heterocycles. The van der Waals surface area contributed by atoms with E-state index in [4.69, 9.17) is 10.00 Å². The van der Waals surface area contributed by atoms with Crippen LogP contribution in [-0.2, 0) is 4.79 Å². The quantitative estimate of drug-likeness (QED) is 0.347. The molecular formula is C12H11NO2S. The molecule has 1 aromatic rings. The maximum absolute atomic E-state index is 11.5. The molecule has 0 heterocycles. The fraction of sp³-hybridized carbons (Fsp3) is 0.167. The molecule has 4 heteroatoms. The van der Waals surface area contributed by atoms with Crippen LogP contribution in [0, 0.1) is 11.3 Å². The molecule has 0 atom stereocenters. The third kappa shape index (κ3) is 3.79. The minimum Gasteiger partial charge on any atom is -0.422 e. The molecule has 0 spiro atoms. The van der Waals surface area contributed by atoms with Crippen molar-refractivity contribution in [1.82, 2.24) is 0 Å². The largest absolute Gasteiger partial charge is 0.422 e. The normalized spacial score (nSPS) is 10.6. The Labute approximate surface area is 98.7 Å². The second-order valence-electron chi connectivity index (χ2n) is 2.80. The third-order valence-corrected chi connectivity index (χ3v) is 2.40. The number of carbonyl (C=O) groups excluding carboxylic acids is 1. The lowest BCUT2D eigenvalue weighted by Crippen LogP contribution is -2.09. The zero-order chi connectivity index (χ0) is 11.8. The number of para-hydroxylation sites is 1. The molecule has 1 aromatic carbocycles. The minimum atomic E-state index is -0.616. The van der Waals surface area contributed by atoms with Gasteiger partial charge in [-0.05, 0) is 23.3 Å². The maximum Gasteiger partial charge on any atom is 0.354 e. The molecule has 0 fully saturated rings. The lowest BCUT2D eigenvalue weighted by atomic mass is 10.3. The van der Waals surface area contributed by atoms with Crippen LogP contribution in [0.2, 0.25) is 0 Å². The van der Waals surface area contributed by atoms with Crippen molar-refractivity contribution in [2.24, 2.45) is 0 Å². The molecule has 0 saturated carbocycles. The van der Waals surface area contributed by atoms with Gasteiger partial charge in [0.1, 0.15) is 17.4 Å². The van der Waals surface area contributed by atoms with E-state index in [2.05, 4.69) is 0 Å². The number of hydrogen-bond acceptors (Lipinski definition) is 4. The maximum atomic E-state index is 11.5. The summed E-state index contributed by atoms with van der Waals surface area (Å²) in [5.74, 6) is 0.633. The summed E-state index contributed by atoms with van der Waals surface area (Å²) >= 11 is 1.39. The number of thioether (sulfide) groups is 1. The predicted molar refractivity (Wildman–Crippen MR) is 63.9 cm³/mol. The van der Waals surface area contributed by atoms with Crippen LogP contribution in [0.4, 0.5) is 0 Å². The van der Waals surface area contributed by atoms with Crippen LogP contribution in [0.5, 0.6) is 5.75 Å². The summed E-state index contributed by atoms with van der Waals surface area (Å²) in [5.41, 5.74) is 0.0238. The Balaban J connectivity index is 2.68. The van der Waals surface area contributed by atoms with Crippen molar-refractivity contribution in [2.45, 2.75) is 6.92 Å². The summed E-state index contributed by atoms with van der Waals surface area (Å²) in [4.78, 5) is 11.5. The lowest BCUT2D eigenvalue weighted by Gasteiger charge is -2.01. The zero-order valence-corrected chi connectivity index (χ0v) is 9.66. The highest BCUT2D eigenvalue weighted by Gasteiger charge is 2.10. The predicted octanol–water partition coefficient (Wildman–Crippen LogP) is 2.75. The van der Waals surface area contributed by atoms with Crippen LogP contribution in [-0.4, -0.2) is 11.7 Å². The van der Waals surface area contributed by atoms with Crippen molar-refractivity contribution in [3.63, 3.8) is 0 Å². The molecule has 0 aliphatic carbocycles. The fourth-order valence-electron chi connectivity index (χ4n) is 0.937. The molecule has 82 valence electrons. The summed E-state index contributed by atoms with van der Waals surface area (Å²) < 4.78 is 5.02. The minimum absolute atomic E-state index is 0.0238. The van der Waals surface area contributed by atoms with Crippen LogP contribution in [0.1, 0.15) is 6.92 Å². The summed E-state index contributed by atoms with van der Waals surface area (Å²) in [6.07, 6.45) is 0. The molecule has 0 radical (unpaired) electrons. The Morgan fingerprint density at radius 1 is 1.50 bits per heavy atom. The average molecular weight is 233 g/mol. The number of hydrogen-bond donors (Lipinski definition) is 0. The van der Waals surface area contributed by atoms with Crippen molar-refractivity contribution >= 4 is 17.7 Å². The molecule has 3 nitrogen and oxygen atoms in total. The van der Waals surface area contributed by atoms with E-state index in [1.54, 1.807) is 24.3 Å². The molecule has 16 heavy (non-hydrogen) atoms. The Morgan fingerprint density at radius 2 is 2.19 bits per heavy atom. The van der Waals surface area contributed by atoms with Gasteiger partial charge in [-0.25, -0.2) is 4.79 Å². The van der Waals surface area contributed by atoms with E-state index in [9.17, 15) is 4.79 Å². The van der Waals surface area contributed by atoms with E-state index < -0.39 is 5.97 Å². The van der Waals surface area contributed by atoms with Crippen molar-refractivity contribution in [1.29, 1.82) is 5.26 Å².